The number of sulfonamides is 1. The van der Waals surface area contributed by atoms with Crippen molar-refractivity contribution in [1.82, 2.24) is 4.72 Å². The van der Waals surface area contributed by atoms with Crippen LogP contribution in [0.1, 0.15) is 31.2 Å². The number of rotatable bonds is 2. The summed E-state index contributed by atoms with van der Waals surface area (Å²) in [5.74, 6) is 0.768. The monoisotopic (exact) mass is 294 g/mol. The van der Waals surface area contributed by atoms with Crippen LogP contribution in [-0.2, 0) is 10.0 Å². The van der Waals surface area contributed by atoms with E-state index >= 15 is 0 Å². The summed E-state index contributed by atoms with van der Waals surface area (Å²) >= 11 is 0. The Labute approximate surface area is 118 Å². The largest absolute Gasteiger partial charge is 0.393 e. The predicted molar refractivity (Wildman–Crippen MR) is 76.1 cm³/mol. The van der Waals surface area contributed by atoms with E-state index in [2.05, 4.69) is 9.71 Å². The minimum absolute atomic E-state index is 0.235. The highest BCUT2D eigenvalue weighted by Crippen LogP contribution is 2.26. The quantitative estimate of drug-likeness (QED) is 0.862. The molecule has 0 radical (unpaired) electrons. The van der Waals surface area contributed by atoms with Gasteiger partial charge >= 0.3 is 0 Å². The van der Waals surface area contributed by atoms with E-state index in [1.807, 2.05) is 0 Å². The molecule has 1 aliphatic heterocycles. The average Bonchev–Trinajstić information content (AvgIpc) is 2.69. The molecule has 0 aromatic heterocycles. The van der Waals surface area contributed by atoms with E-state index in [0.29, 0.717) is 28.8 Å². The third-order valence-corrected chi connectivity index (χ3v) is 5.32. The van der Waals surface area contributed by atoms with Gasteiger partial charge in [0.15, 0.2) is 0 Å². The molecular weight excluding hydrogens is 276 g/mol. The van der Waals surface area contributed by atoms with Crippen LogP contribution in [0.15, 0.2) is 34.2 Å². The highest BCUT2D eigenvalue weighted by molar-refractivity contribution is 7.90. The molecule has 1 aromatic rings. The maximum atomic E-state index is 11.9. The van der Waals surface area contributed by atoms with E-state index < -0.39 is 10.0 Å². The second-order valence-electron chi connectivity index (χ2n) is 5.48. The first-order valence-corrected chi connectivity index (χ1v) is 8.39. The van der Waals surface area contributed by atoms with Crippen molar-refractivity contribution in [2.45, 2.75) is 36.7 Å². The topological polar surface area (TPSA) is 78.8 Å². The lowest BCUT2D eigenvalue weighted by atomic mass is 9.87. The number of fused-ring (bicyclic) bond motifs is 1. The van der Waals surface area contributed by atoms with E-state index in [4.69, 9.17) is 0 Å². The smallest absolute Gasteiger partial charge is 0.263 e. The van der Waals surface area contributed by atoms with Gasteiger partial charge in [0.25, 0.3) is 10.0 Å². The van der Waals surface area contributed by atoms with E-state index in [-0.39, 0.29) is 6.10 Å². The lowest BCUT2D eigenvalue weighted by Gasteiger charge is -2.24. The first-order valence-electron chi connectivity index (χ1n) is 6.91. The third kappa shape index (κ3) is 2.58. The maximum absolute atomic E-state index is 11.9. The first-order chi connectivity index (χ1) is 9.56. The average molecular weight is 294 g/mol. The van der Waals surface area contributed by atoms with Crippen LogP contribution in [-0.4, -0.2) is 32.0 Å². The van der Waals surface area contributed by atoms with Crippen molar-refractivity contribution in [2.75, 3.05) is 6.54 Å². The summed E-state index contributed by atoms with van der Waals surface area (Å²) in [6, 6.07) is 6.87. The molecule has 1 aromatic carbocycles. The number of aliphatic hydroxyl groups is 1. The number of nitrogens with one attached hydrogen (secondary N) is 1. The molecule has 2 aliphatic rings. The van der Waals surface area contributed by atoms with Gasteiger partial charge in [-0.25, -0.2) is 8.42 Å². The van der Waals surface area contributed by atoms with Gasteiger partial charge in [0.2, 0.25) is 0 Å². The second-order valence-corrected chi connectivity index (χ2v) is 7.13. The number of hydrogen-bond donors (Lipinski definition) is 2. The molecule has 0 amide bonds. The molecule has 6 heteroatoms. The molecule has 0 bridgehead atoms. The summed E-state index contributed by atoms with van der Waals surface area (Å²) in [4.78, 5) is 4.73. The number of amidine groups is 1. The molecule has 0 saturated heterocycles. The fourth-order valence-corrected chi connectivity index (χ4v) is 4.15. The van der Waals surface area contributed by atoms with Gasteiger partial charge in [-0.05, 0) is 37.3 Å². The number of aliphatic imine (C=N–C) groups is 1. The van der Waals surface area contributed by atoms with Crippen LogP contribution in [0, 0.1) is 5.92 Å². The molecule has 20 heavy (non-hydrogen) atoms. The number of benzene rings is 1. The van der Waals surface area contributed by atoms with Crippen molar-refractivity contribution in [2.24, 2.45) is 10.9 Å². The summed E-state index contributed by atoms with van der Waals surface area (Å²) in [5, 5.41) is 9.65. The zero-order valence-electron chi connectivity index (χ0n) is 11.1. The molecule has 108 valence electrons. The Kier molecular flexibility index (Phi) is 3.52. The van der Waals surface area contributed by atoms with Gasteiger partial charge in [-0.2, -0.15) is 0 Å². The molecule has 2 N–H and O–H groups in total. The Hall–Kier alpha value is -1.40. The van der Waals surface area contributed by atoms with Crippen LogP contribution in [0.3, 0.4) is 0 Å². The zero-order valence-corrected chi connectivity index (χ0v) is 11.9. The Morgan fingerprint density at radius 2 is 2.10 bits per heavy atom. The molecule has 1 saturated carbocycles. The lowest BCUT2D eigenvalue weighted by molar-refractivity contribution is 0.103. The lowest BCUT2D eigenvalue weighted by Crippen LogP contribution is -2.25. The molecular formula is C14H18N2O3S. The molecule has 2 atom stereocenters. The molecule has 1 aliphatic carbocycles. The van der Waals surface area contributed by atoms with Gasteiger partial charge < -0.3 is 5.11 Å². The van der Waals surface area contributed by atoms with Crippen molar-refractivity contribution < 1.29 is 13.5 Å². The van der Waals surface area contributed by atoms with E-state index in [1.54, 1.807) is 24.3 Å². The molecule has 2 unspecified atom stereocenters. The molecule has 3 rings (SSSR count). The van der Waals surface area contributed by atoms with Crippen LogP contribution in [0.25, 0.3) is 0 Å². The molecule has 0 spiro atoms. The van der Waals surface area contributed by atoms with E-state index in [9.17, 15) is 13.5 Å². The van der Waals surface area contributed by atoms with Gasteiger partial charge in [0.05, 0.1) is 11.0 Å². The Bertz CT molecular complexity index is 640. The van der Waals surface area contributed by atoms with E-state index in [0.717, 1.165) is 25.7 Å². The highest BCUT2D eigenvalue weighted by atomic mass is 32.2. The molecule has 5 nitrogen and oxygen atoms in total. The van der Waals surface area contributed by atoms with Crippen LogP contribution >= 0.6 is 0 Å². The second kappa shape index (κ2) is 5.18. The molecule has 1 heterocycles. The zero-order chi connectivity index (χ0) is 14.2. The Balaban J connectivity index is 1.80. The number of hydrogen-bond acceptors (Lipinski definition) is 4. The van der Waals surface area contributed by atoms with Gasteiger partial charge in [0.1, 0.15) is 5.84 Å². The predicted octanol–water partition coefficient (Wildman–Crippen LogP) is 1.28. The first kappa shape index (κ1) is 13.6. The van der Waals surface area contributed by atoms with Gasteiger partial charge in [-0.1, -0.05) is 18.6 Å². The van der Waals surface area contributed by atoms with Crippen LogP contribution in [0.4, 0.5) is 0 Å². The molecule has 1 fully saturated rings. The Morgan fingerprint density at radius 3 is 2.90 bits per heavy atom. The summed E-state index contributed by atoms with van der Waals surface area (Å²) < 4.78 is 26.4. The minimum atomic E-state index is -3.45. The van der Waals surface area contributed by atoms with Gasteiger partial charge in [-0.15, -0.1) is 0 Å². The van der Waals surface area contributed by atoms with Crippen molar-refractivity contribution >= 4 is 15.9 Å². The maximum Gasteiger partial charge on any atom is 0.263 e. The highest BCUT2D eigenvalue weighted by Gasteiger charge is 2.30. The fourth-order valence-electron chi connectivity index (χ4n) is 2.90. The Morgan fingerprint density at radius 1 is 1.30 bits per heavy atom. The fraction of sp³-hybridized carbons (Fsp3) is 0.500. The van der Waals surface area contributed by atoms with Crippen LogP contribution in [0.2, 0.25) is 0 Å². The van der Waals surface area contributed by atoms with Crippen LogP contribution in [0.5, 0.6) is 0 Å². The standard InChI is InChI=1S/C14H18N2O3S/c17-11-5-3-4-10(8-11)9-15-14-12-6-1-2-7-13(12)20(18,19)16-14/h1-2,6-7,10-11,17H,3-5,8-9H2,(H,15,16). The number of aliphatic hydroxyl groups excluding tert-OH is 1. The normalized spacial score (nSPS) is 29.9. The third-order valence-electron chi connectivity index (χ3n) is 3.93. The summed E-state index contributed by atoms with van der Waals surface area (Å²) in [6.07, 6.45) is 3.44. The SMILES string of the molecule is O=S1(=O)NC(=NCC2CCCC(O)C2)c2ccccc21. The van der Waals surface area contributed by atoms with E-state index in [1.165, 1.54) is 0 Å². The summed E-state index contributed by atoms with van der Waals surface area (Å²) in [5.41, 5.74) is 0.642. The van der Waals surface area contributed by atoms with Gasteiger partial charge in [-0.3, -0.25) is 9.71 Å². The summed E-state index contributed by atoms with van der Waals surface area (Å²) in [6.45, 7) is 0.559. The minimum Gasteiger partial charge on any atom is -0.393 e. The van der Waals surface area contributed by atoms with Crippen LogP contribution < -0.4 is 4.72 Å². The van der Waals surface area contributed by atoms with Crippen molar-refractivity contribution in [3.63, 3.8) is 0 Å². The number of nitrogens with zero attached hydrogens (tertiary/aromatic N) is 1. The van der Waals surface area contributed by atoms with Gasteiger partial charge in [0, 0.05) is 12.1 Å². The van der Waals surface area contributed by atoms with Crippen molar-refractivity contribution in [3.8, 4) is 0 Å². The van der Waals surface area contributed by atoms with Crippen molar-refractivity contribution in [1.29, 1.82) is 0 Å². The van der Waals surface area contributed by atoms with Crippen molar-refractivity contribution in [3.05, 3.63) is 29.8 Å². The summed E-state index contributed by atoms with van der Waals surface area (Å²) in [7, 11) is -3.45.